The molecule has 3 aromatic rings. The lowest BCUT2D eigenvalue weighted by Crippen LogP contribution is -2.31. The second-order valence-electron chi connectivity index (χ2n) is 8.11. The highest BCUT2D eigenvalue weighted by atomic mass is 32.2. The Morgan fingerprint density at radius 1 is 1.31 bits per heavy atom. The molecule has 2 aliphatic rings. The number of aromatic nitrogens is 3. The van der Waals surface area contributed by atoms with Gasteiger partial charge in [-0.15, -0.1) is 11.8 Å². The third-order valence-electron chi connectivity index (χ3n) is 5.65. The van der Waals surface area contributed by atoms with Crippen molar-refractivity contribution < 1.29 is 9.18 Å². The van der Waals surface area contributed by atoms with Crippen molar-refractivity contribution in [2.24, 2.45) is 0 Å². The Balaban J connectivity index is 1.53. The number of carbonyl (C=O) groups is 1. The molecule has 0 radical (unpaired) electrons. The molecule has 3 heterocycles. The lowest BCUT2D eigenvalue weighted by Gasteiger charge is -2.26. The maximum atomic E-state index is 14.2. The number of hydrogen-bond acceptors (Lipinski definition) is 4. The van der Waals surface area contributed by atoms with Gasteiger partial charge in [0.2, 0.25) is 0 Å². The summed E-state index contributed by atoms with van der Waals surface area (Å²) in [6.45, 7) is 4.12. The number of carbonyl (C=O) groups excluding carboxylic acids is 1. The highest BCUT2D eigenvalue weighted by Gasteiger charge is 2.30. The summed E-state index contributed by atoms with van der Waals surface area (Å²) in [5.41, 5.74) is 3.20. The molecule has 1 aliphatic heterocycles. The first-order valence-corrected chi connectivity index (χ1v) is 11.1. The van der Waals surface area contributed by atoms with E-state index in [1.165, 1.54) is 17.8 Å². The van der Waals surface area contributed by atoms with Crippen LogP contribution in [0.2, 0.25) is 0 Å². The highest BCUT2D eigenvalue weighted by Crippen LogP contribution is 2.41. The largest absolute Gasteiger partial charge is 0.345 e. The van der Waals surface area contributed by atoms with Crippen LogP contribution in [0.4, 0.5) is 4.39 Å². The number of pyridine rings is 1. The summed E-state index contributed by atoms with van der Waals surface area (Å²) in [6, 6.07) is 6.99. The molecule has 1 N–H and O–H groups in total. The molecule has 2 aromatic heterocycles. The molecule has 1 amide bonds. The van der Waals surface area contributed by atoms with Gasteiger partial charge in [0.15, 0.2) is 5.65 Å². The van der Waals surface area contributed by atoms with Crippen LogP contribution >= 0.6 is 11.8 Å². The predicted molar refractivity (Wildman–Crippen MR) is 112 cm³/mol. The molecule has 1 aliphatic carbocycles. The average Bonchev–Trinajstić information content (AvgIpc) is 3.46. The van der Waals surface area contributed by atoms with Crippen molar-refractivity contribution >= 4 is 28.7 Å². The number of amides is 1. The summed E-state index contributed by atoms with van der Waals surface area (Å²) in [4.78, 5) is 18.8. The molecule has 1 aromatic carbocycles. The number of nitrogens with zero attached hydrogens (tertiary/aromatic N) is 3. The molecule has 1 fully saturated rings. The fraction of sp³-hybridized carbons (Fsp3) is 0.409. The molecular formula is C22H23FN4OS. The number of rotatable bonds is 4. The maximum Gasteiger partial charge on any atom is 0.252 e. The molecule has 0 unspecified atom stereocenters. The van der Waals surface area contributed by atoms with Crippen LogP contribution in [0.25, 0.3) is 11.0 Å². The summed E-state index contributed by atoms with van der Waals surface area (Å²) in [5.74, 6) is 0.854. The van der Waals surface area contributed by atoms with Crippen molar-refractivity contribution in [3.63, 3.8) is 0 Å². The number of fused-ring (bicyclic) bond motifs is 2. The number of nitrogens with one attached hydrogen (secondary N) is 1. The van der Waals surface area contributed by atoms with Gasteiger partial charge < -0.3 is 5.32 Å². The number of halogens is 1. The zero-order valence-electron chi connectivity index (χ0n) is 16.5. The third-order valence-corrected chi connectivity index (χ3v) is 6.81. The fourth-order valence-electron chi connectivity index (χ4n) is 3.96. The molecule has 5 rings (SSSR count). The van der Waals surface area contributed by atoms with E-state index in [9.17, 15) is 9.18 Å². The van der Waals surface area contributed by atoms with Gasteiger partial charge in [0, 0.05) is 28.3 Å². The zero-order chi connectivity index (χ0) is 20.1. The van der Waals surface area contributed by atoms with Gasteiger partial charge >= 0.3 is 0 Å². The molecule has 7 heteroatoms. The van der Waals surface area contributed by atoms with E-state index >= 15 is 0 Å². The maximum absolute atomic E-state index is 14.2. The Kier molecular flexibility index (Phi) is 4.57. The van der Waals surface area contributed by atoms with E-state index in [1.54, 1.807) is 12.3 Å². The lowest BCUT2D eigenvalue weighted by molar-refractivity contribution is 0.0936. The molecule has 0 spiro atoms. The van der Waals surface area contributed by atoms with E-state index in [0.717, 1.165) is 47.3 Å². The van der Waals surface area contributed by atoms with Gasteiger partial charge in [-0.3, -0.25) is 4.79 Å². The molecule has 150 valence electrons. The molecule has 1 atom stereocenters. The van der Waals surface area contributed by atoms with Crippen molar-refractivity contribution in [3.05, 3.63) is 53.1 Å². The topological polar surface area (TPSA) is 59.8 Å². The van der Waals surface area contributed by atoms with Crippen molar-refractivity contribution in [2.75, 3.05) is 5.75 Å². The molecule has 0 bridgehead atoms. The summed E-state index contributed by atoms with van der Waals surface area (Å²) in [7, 11) is 0. The number of thioether (sulfide) groups is 1. The van der Waals surface area contributed by atoms with E-state index in [-0.39, 0.29) is 23.8 Å². The smallest absolute Gasteiger partial charge is 0.252 e. The zero-order valence-corrected chi connectivity index (χ0v) is 17.3. The van der Waals surface area contributed by atoms with E-state index < -0.39 is 0 Å². The molecule has 29 heavy (non-hydrogen) atoms. The second kappa shape index (κ2) is 7.13. The van der Waals surface area contributed by atoms with E-state index in [4.69, 9.17) is 4.98 Å². The van der Waals surface area contributed by atoms with Crippen molar-refractivity contribution in [2.45, 2.75) is 56.0 Å². The first-order valence-electron chi connectivity index (χ1n) is 10.1. The minimum absolute atomic E-state index is 0.144. The minimum atomic E-state index is -0.216. The van der Waals surface area contributed by atoms with Crippen LogP contribution in [-0.2, 0) is 0 Å². The van der Waals surface area contributed by atoms with Crippen LogP contribution in [0.1, 0.15) is 72.7 Å². The Labute approximate surface area is 173 Å². The van der Waals surface area contributed by atoms with E-state index in [0.29, 0.717) is 16.4 Å². The van der Waals surface area contributed by atoms with Crippen LogP contribution in [0.15, 0.2) is 35.4 Å². The van der Waals surface area contributed by atoms with Crippen LogP contribution in [0.5, 0.6) is 0 Å². The minimum Gasteiger partial charge on any atom is -0.345 e. The second-order valence-corrected chi connectivity index (χ2v) is 9.22. The van der Waals surface area contributed by atoms with E-state index in [1.807, 2.05) is 16.8 Å². The molecule has 5 nitrogen and oxygen atoms in total. The first-order chi connectivity index (χ1) is 14.0. The molecular weight excluding hydrogens is 387 g/mol. The Bertz CT molecular complexity index is 1110. The third kappa shape index (κ3) is 3.31. The quantitative estimate of drug-likeness (QED) is 0.658. The van der Waals surface area contributed by atoms with Gasteiger partial charge in [0.1, 0.15) is 5.82 Å². The van der Waals surface area contributed by atoms with E-state index in [2.05, 4.69) is 24.3 Å². The normalized spacial score (nSPS) is 18.8. The monoisotopic (exact) mass is 410 g/mol. The van der Waals surface area contributed by atoms with Crippen LogP contribution in [0, 0.1) is 5.82 Å². The predicted octanol–water partition coefficient (Wildman–Crippen LogP) is 5.00. The van der Waals surface area contributed by atoms with Crippen LogP contribution in [0.3, 0.4) is 0 Å². The average molecular weight is 411 g/mol. The van der Waals surface area contributed by atoms with Crippen molar-refractivity contribution in [1.82, 2.24) is 20.1 Å². The van der Waals surface area contributed by atoms with Gasteiger partial charge in [-0.05, 0) is 50.8 Å². The Morgan fingerprint density at radius 3 is 2.90 bits per heavy atom. The summed E-state index contributed by atoms with van der Waals surface area (Å²) in [5, 5.41) is 8.40. The summed E-state index contributed by atoms with van der Waals surface area (Å²) in [6.07, 6.45) is 4.74. The first kappa shape index (κ1) is 18.6. The van der Waals surface area contributed by atoms with Gasteiger partial charge in [0.25, 0.3) is 5.91 Å². The summed E-state index contributed by atoms with van der Waals surface area (Å²) >= 11 is 1.52. The SMILES string of the molecule is CC(C)n1ncc2c(C(=O)N[C@H]3CCSc4c(F)cccc43)cc(C3CC3)nc21. The number of hydrogen-bond donors (Lipinski definition) is 1. The standard InChI is InChI=1S/C22H23FN4OS/c1-12(2)27-21-16(11-24-27)15(10-19(25-21)13-6-7-13)22(28)26-18-8-9-29-20-14(18)4-3-5-17(20)23/h3-5,10-13,18H,6-9H2,1-2H3,(H,26,28)/t18-/m0/s1. The highest BCUT2D eigenvalue weighted by molar-refractivity contribution is 7.99. The van der Waals surface area contributed by atoms with Crippen LogP contribution in [-0.4, -0.2) is 26.4 Å². The van der Waals surface area contributed by atoms with Crippen LogP contribution < -0.4 is 5.32 Å². The van der Waals surface area contributed by atoms with Gasteiger partial charge in [-0.1, -0.05) is 12.1 Å². The molecule has 1 saturated carbocycles. The van der Waals surface area contributed by atoms with Crippen molar-refractivity contribution in [1.29, 1.82) is 0 Å². The number of benzene rings is 1. The van der Waals surface area contributed by atoms with Crippen molar-refractivity contribution in [3.8, 4) is 0 Å². The lowest BCUT2D eigenvalue weighted by atomic mass is 10.0. The Hall–Kier alpha value is -2.41. The molecule has 0 saturated heterocycles. The van der Waals surface area contributed by atoms with Gasteiger partial charge in [-0.2, -0.15) is 5.10 Å². The van der Waals surface area contributed by atoms with Gasteiger partial charge in [-0.25, -0.2) is 14.1 Å². The Morgan fingerprint density at radius 2 is 2.14 bits per heavy atom. The summed E-state index contributed by atoms with van der Waals surface area (Å²) < 4.78 is 16.1. The fourth-order valence-corrected chi connectivity index (χ4v) is 5.10. The van der Waals surface area contributed by atoms with Gasteiger partial charge in [0.05, 0.1) is 23.2 Å².